The average molecular weight is 653 g/mol. The molecule has 3 fully saturated rings. The number of aliphatic hydroxyl groups is 1. The molecule has 0 bridgehead atoms. The Balaban J connectivity index is 1.13. The van der Waals surface area contributed by atoms with Gasteiger partial charge in [0.1, 0.15) is 6.17 Å². The van der Waals surface area contributed by atoms with Gasteiger partial charge in [0.2, 0.25) is 5.91 Å². The largest absolute Gasteiger partial charge is 0.417 e. The minimum Gasteiger partial charge on any atom is -0.390 e. The highest BCUT2D eigenvalue weighted by atomic mass is 32.2. The van der Waals surface area contributed by atoms with Crippen LogP contribution in [0.25, 0.3) is 11.3 Å². The summed E-state index contributed by atoms with van der Waals surface area (Å²) in [6.45, 7) is 6.55. The Kier molecular flexibility index (Phi) is 10.4. The smallest absolute Gasteiger partial charge is 0.390 e. The SMILES string of the molecule is O=C1CCCN1C1CCN(CC(O)Cn2nc(-c3ccc(C(F)(F)F)c(SCCN4CCC(F)CC4)c3)c3c2CCNC3)CC1. The average Bonchev–Trinajstić information content (AvgIpc) is 3.61. The zero-order valence-electron chi connectivity index (χ0n) is 25.7. The number of piperidine rings is 2. The molecule has 1 unspecified atom stereocenters. The molecule has 2 aromatic rings. The Morgan fingerprint density at radius 2 is 1.78 bits per heavy atom. The van der Waals surface area contributed by atoms with Crippen molar-refractivity contribution in [2.45, 2.75) is 87.4 Å². The first-order valence-corrected chi connectivity index (χ1v) is 17.3. The van der Waals surface area contributed by atoms with E-state index in [9.17, 15) is 27.5 Å². The summed E-state index contributed by atoms with van der Waals surface area (Å²) in [5, 5.41) is 19.4. The summed E-state index contributed by atoms with van der Waals surface area (Å²) in [5.74, 6) is 0.742. The van der Waals surface area contributed by atoms with Crippen LogP contribution in [0.1, 0.15) is 55.3 Å². The molecule has 4 aliphatic heterocycles. The van der Waals surface area contributed by atoms with E-state index in [0.29, 0.717) is 81.6 Å². The Labute approximate surface area is 266 Å². The molecule has 0 spiro atoms. The van der Waals surface area contributed by atoms with Crippen LogP contribution in [0.4, 0.5) is 17.6 Å². The fraction of sp³-hybridized carbons (Fsp3) is 0.688. The van der Waals surface area contributed by atoms with E-state index in [1.165, 1.54) is 17.8 Å². The number of amides is 1. The van der Waals surface area contributed by atoms with E-state index in [4.69, 9.17) is 5.10 Å². The van der Waals surface area contributed by atoms with Crippen molar-refractivity contribution in [2.24, 2.45) is 0 Å². The van der Waals surface area contributed by atoms with Crippen LogP contribution in [0.3, 0.4) is 0 Å². The van der Waals surface area contributed by atoms with E-state index < -0.39 is 24.0 Å². The molecule has 1 aromatic heterocycles. The van der Waals surface area contributed by atoms with Gasteiger partial charge in [0.25, 0.3) is 0 Å². The number of fused-ring (bicyclic) bond motifs is 1. The number of likely N-dealkylation sites (tertiary alicyclic amines) is 3. The molecule has 8 nitrogen and oxygen atoms in total. The summed E-state index contributed by atoms with van der Waals surface area (Å²) < 4.78 is 57.3. The molecule has 2 N–H and O–H groups in total. The second-order valence-electron chi connectivity index (χ2n) is 12.8. The van der Waals surface area contributed by atoms with Crippen molar-refractivity contribution < 1.29 is 27.5 Å². The molecule has 1 amide bonds. The number of thioether (sulfide) groups is 1. The van der Waals surface area contributed by atoms with Crippen molar-refractivity contribution in [3.8, 4) is 11.3 Å². The lowest BCUT2D eigenvalue weighted by atomic mass is 10.0. The summed E-state index contributed by atoms with van der Waals surface area (Å²) in [5.41, 5.74) is 2.61. The first kappa shape index (κ1) is 32.7. The van der Waals surface area contributed by atoms with E-state index in [1.54, 1.807) is 6.07 Å². The molecule has 6 rings (SSSR count). The predicted octanol–water partition coefficient (Wildman–Crippen LogP) is 4.19. The first-order chi connectivity index (χ1) is 21.7. The number of carbonyl (C=O) groups excluding carboxylic acids is 1. The lowest BCUT2D eigenvalue weighted by Gasteiger charge is -2.37. The molecule has 45 heavy (non-hydrogen) atoms. The summed E-state index contributed by atoms with van der Waals surface area (Å²) in [4.78, 5) is 18.7. The van der Waals surface area contributed by atoms with Gasteiger partial charge in [-0.1, -0.05) is 6.07 Å². The lowest BCUT2D eigenvalue weighted by Crippen LogP contribution is -2.47. The second-order valence-corrected chi connectivity index (χ2v) is 14.0. The molecule has 1 aromatic carbocycles. The Morgan fingerprint density at radius 1 is 1.02 bits per heavy atom. The number of alkyl halides is 4. The molecule has 3 saturated heterocycles. The van der Waals surface area contributed by atoms with Crippen LogP contribution in [-0.4, -0.2) is 112 Å². The number of rotatable bonds is 10. The fourth-order valence-electron chi connectivity index (χ4n) is 7.26. The van der Waals surface area contributed by atoms with Crippen molar-refractivity contribution >= 4 is 17.7 Å². The van der Waals surface area contributed by atoms with E-state index in [0.717, 1.165) is 69.2 Å². The summed E-state index contributed by atoms with van der Waals surface area (Å²) >= 11 is 1.19. The highest BCUT2D eigenvalue weighted by Gasteiger charge is 2.35. The molecule has 4 aliphatic rings. The van der Waals surface area contributed by atoms with Gasteiger partial charge in [-0.05, 0) is 44.2 Å². The van der Waals surface area contributed by atoms with Gasteiger partial charge in [-0.3, -0.25) is 9.48 Å². The molecular weight excluding hydrogens is 608 g/mol. The Morgan fingerprint density at radius 3 is 2.49 bits per heavy atom. The van der Waals surface area contributed by atoms with Gasteiger partial charge < -0.3 is 25.1 Å². The predicted molar refractivity (Wildman–Crippen MR) is 166 cm³/mol. The third kappa shape index (κ3) is 7.86. The fourth-order valence-corrected chi connectivity index (χ4v) is 8.38. The monoisotopic (exact) mass is 652 g/mol. The van der Waals surface area contributed by atoms with Gasteiger partial charge in [-0.15, -0.1) is 11.8 Å². The highest BCUT2D eigenvalue weighted by Crippen LogP contribution is 2.40. The van der Waals surface area contributed by atoms with Crippen molar-refractivity contribution in [3.63, 3.8) is 0 Å². The highest BCUT2D eigenvalue weighted by molar-refractivity contribution is 7.99. The Bertz CT molecular complexity index is 1320. The number of aliphatic hydroxyl groups excluding tert-OH is 1. The lowest BCUT2D eigenvalue weighted by molar-refractivity contribution is -0.139. The van der Waals surface area contributed by atoms with Gasteiger partial charge in [0.15, 0.2) is 0 Å². The number of aromatic nitrogens is 2. The normalized spacial score (nSPS) is 21.9. The number of nitrogens with zero attached hydrogens (tertiary/aromatic N) is 5. The van der Waals surface area contributed by atoms with Gasteiger partial charge in [0.05, 0.1) is 23.9 Å². The number of β-amino-alcohol motifs (C(OH)–C–C–N with tert-alkyl or cyclic N) is 1. The summed E-state index contributed by atoms with van der Waals surface area (Å²) in [6, 6.07) is 4.56. The number of carbonyl (C=O) groups is 1. The molecule has 5 heterocycles. The molecule has 0 aliphatic carbocycles. The van der Waals surface area contributed by atoms with Gasteiger partial charge >= 0.3 is 6.18 Å². The van der Waals surface area contributed by atoms with Crippen LogP contribution in [0, 0.1) is 0 Å². The van der Waals surface area contributed by atoms with Gasteiger partial charge in [-0.2, -0.15) is 18.3 Å². The number of hydrogen-bond acceptors (Lipinski definition) is 7. The topological polar surface area (TPSA) is 76.9 Å². The number of halogens is 4. The van der Waals surface area contributed by atoms with Crippen LogP contribution in [0.2, 0.25) is 0 Å². The molecular formula is C32H44F4N6O2S. The Hall–Kier alpha value is -2.19. The molecule has 248 valence electrons. The van der Waals surface area contributed by atoms with Crippen LogP contribution in [0.15, 0.2) is 23.1 Å². The number of nitrogens with one attached hydrogen (secondary N) is 1. The zero-order chi connectivity index (χ0) is 31.6. The second kappa shape index (κ2) is 14.3. The van der Waals surface area contributed by atoms with Gasteiger partial charge in [0, 0.05) is 105 Å². The van der Waals surface area contributed by atoms with Crippen LogP contribution < -0.4 is 5.32 Å². The van der Waals surface area contributed by atoms with Crippen molar-refractivity contribution in [3.05, 3.63) is 35.0 Å². The van der Waals surface area contributed by atoms with Crippen molar-refractivity contribution in [1.29, 1.82) is 0 Å². The quantitative estimate of drug-likeness (QED) is 0.295. The minimum absolute atomic E-state index is 0.173. The molecule has 0 radical (unpaired) electrons. The maximum Gasteiger partial charge on any atom is 0.417 e. The standard InChI is InChI=1S/C32H44F4N6O2S/c33-23-6-12-39(13-7-23)16-17-45-29-18-22(3-4-27(29)32(34,35)36)31-26-19-37-10-5-28(26)42(38-31)21-25(43)20-40-14-8-24(9-15-40)41-11-1-2-30(41)44/h3-4,18,23-25,37,43H,1-2,5-17,19-21H2. The van der Waals surface area contributed by atoms with E-state index in [-0.39, 0.29) is 10.8 Å². The zero-order valence-corrected chi connectivity index (χ0v) is 26.5. The molecule has 0 saturated carbocycles. The third-order valence-corrected chi connectivity index (χ3v) is 10.7. The maximum atomic E-state index is 14.0. The van der Waals surface area contributed by atoms with Crippen molar-refractivity contribution in [1.82, 2.24) is 29.8 Å². The number of hydrogen-bond donors (Lipinski definition) is 2. The summed E-state index contributed by atoms with van der Waals surface area (Å²) in [7, 11) is 0. The first-order valence-electron chi connectivity index (χ1n) is 16.4. The van der Waals surface area contributed by atoms with E-state index in [2.05, 4.69) is 15.1 Å². The van der Waals surface area contributed by atoms with Crippen LogP contribution in [0.5, 0.6) is 0 Å². The third-order valence-electron chi connectivity index (χ3n) is 9.71. The summed E-state index contributed by atoms with van der Waals surface area (Å²) in [6.07, 6.45) is -0.814. The van der Waals surface area contributed by atoms with E-state index >= 15 is 0 Å². The van der Waals surface area contributed by atoms with Crippen LogP contribution >= 0.6 is 11.8 Å². The van der Waals surface area contributed by atoms with Gasteiger partial charge in [-0.25, -0.2) is 4.39 Å². The van der Waals surface area contributed by atoms with E-state index in [1.807, 2.05) is 9.58 Å². The minimum atomic E-state index is -4.48. The number of benzene rings is 1. The van der Waals surface area contributed by atoms with Crippen LogP contribution in [-0.2, 0) is 30.5 Å². The molecule has 1 atom stereocenters. The maximum absolute atomic E-state index is 14.0. The molecule has 13 heteroatoms. The van der Waals surface area contributed by atoms with Crippen molar-refractivity contribution in [2.75, 3.05) is 58.1 Å².